The smallest absolute Gasteiger partial charge is 0.351 e. The Morgan fingerprint density at radius 2 is 1.48 bits per heavy atom. The molecule has 4 aromatic heterocycles. The van der Waals surface area contributed by atoms with Crippen LogP contribution in [0, 0.1) is 5.82 Å². The highest BCUT2D eigenvalue weighted by molar-refractivity contribution is 5.77. The molecular formula is C26H24F4N10. The van der Waals surface area contributed by atoms with Crippen LogP contribution in [0.1, 0.15) is 11.1 Å². The number of nitrogens with zero attached hydrogens (tertiary/aromatic N) is 9. The quantitative estimate of drug-likeness (QED) is 0.332. The highest BCUT2D eigenvalue weighted by atomic mass is 19.4. The first-order chi connectivity index (χ1) is 19.1. The molecule has 2 N–H and O–H groups in total. The van der Waals surface area contributed by atoms with E-state index in [4.69, 9.17) is 5.73 Å². The van der Waals surface area contributed by atoms with Crippen LogP contribution >= 0.6 is 0 Å². The van der Waals surface area contributed by atoms with Gasteiger partial charge in [-0.15, -0.1) is 0 Å². The molecule has 6 rings (SSSR count). The SMILES string of the molecule is Cn1cc(-c2cc3c(N4CCN(c5ncc(C(N)(c6ccc(F)cc6)C(F)(F)F)cn5)CC4)ncnn3c2)cn1. The Labute approximate surface area is 225 Å². The second-order valence-corrected chi connectivity index (χ2v) is 9.60. The van der Waals surface area contributed by atoms with E-state index in [-0.39, 0.29) is 11.1 Å². The van der Waals surface area contributed by atoms with Crippen molar-refractivity contribution in [3.8, 4) is 11.1 Å². The van der Waals surface area contributed by atoms with E-state index in [1.165, 1.54) is 6.33 Å². The lowest BCUT2D eigenvalue weighted by atomic mass is 9.84. The maximum absolute atomic E-state index is 14.1. The van der Waals surface area contributed by atoms with Crippen molar-refractivity contribution in [3.63, 3.8) is 0 Å². The highest BCUT2D eigenvalue weighted by Gasteiger charge is 2.55. The number of nitrogens with two attached hydrogens (primary N) is 1. The van der Waals surface area contributed by atoms with Gasteiger partial charge in [0.2, 0.25) is 5.95 Å². The molecule has 1 fully saturated rings. The zero-order valence-corrected chi connectivity index (χ0v) is 21.3. The summed E-state index contributed by atoms with van der Waals surface area (Å²) in [6, 6.07) is 5.93. The van der Waals surface area contributed by atoms with E-state index >= 15 is 0 Å². The average Bonchev–Trinajstić information content (AvgIpc) is 3.59. The first-order valence-corrected chi connectivity index (χ1v) is 12.4. The number of anilines is 2. The van der Waals surface area contributed by atoms with Crippen LogP contribution in [-0.2, 0) is 12.6 Å². The van der Waals surface area contributed by atoms with Crippen LogP contribution in [0.2, 0.25) is 0 Å². The Bertz CT molecular complexity index is 1640. The fourth-order valence-corrected chi connectivity index (χ4v) is 4.90. The molecule has 5 aromatic rings. The van der Waals surface area contributed by atoms with Gasteiger partial charge in [0.05, 0.1) is 6.20 Å². The maximum Gasteiger partial charge on any atom is 0.414 e. The number of hydrogen-bond donors (Lipinski definition) is 1. The van der Waals surface area contributed by atoms with Gasteiger partial charge in [0.15, 0.2) is 11.4 Å². The molecule has 1 aromatic carbocycles. The lowest BCUT2D eigenvalue weighted by molar-refractivity contribution is -0.177. The van der Waals surface area contributed by atoms with Crippen molar-refractivity contribution < 1.29 is 17.6 Å². The monoisotopic (exact) mass is 552 g/mol. The number of hydrogen-bond acceptors (Lipinski definition) is 8. The third kappa shape index (κ3) is 4.39. The van der Waals surface area contributed by atoms with Crippen molar-refractivity contribution in [1.82, 2.24) is 34.3 Å². The summed E-state index contributed by atoms with van der Waals surface area (Å²) in [7, 11) is 1.86. The Morgan fingerprint density at radius 3 is 2.10 bits per heavy atom. The lowest BCUT2D eigenvalue weighted by Crippen LogP contribution is -2.51. The van der Waals surface area contributed by atoms with E-state index in [2.05, 4.69) is 30.0 Å². The molecule has 1 unspecified atom stereocenters. The average molecular weight is 553 g/mol. The maximum atomic E-state index is 14.1. The molecule has 206 valence electrons. The van der Waals surface area contributed by atoms with Crippen LogP contribution in [0.4, 0.5) is 29.3 Å². The lowest BCUT2D eigenvalue weighted by Gasteiger charge is -2.36. The number of piperazine rings is 1. The molecule has 1 atom stereocenters. The van der Waals surface area contributed by atoms with E-state index in [0.717, 1.165) is 59.1 Å². The summed E-state index contributed by atoms with van der Waals surface area (Å²) in [5.74, 6) is 0.410. The van der Waals surface area contributed by atoms with Crippen molar-refractivity contribution >= 4 is 17.3 Å². The Balaban J connectivity index is 1.20. The van der Waals surface area contributed by atoms with Gasteiger partial charge in [0.1, 0.15) is 17.7 Å². The van der Waals surface area contributed by atoms with Crippen LogP contribution in [0.5, 0.6) is 0 Å². The van der Waals surface area contributed by atoms with Crippen LogP contribution < -0.4 is 15.5 Å². The Hall–Kier alpha value is -4.59. The largest absolute Gasteiger partial charge is 0.414 e. The second kappa shape index (κ2) is 9.55. The topological polar surface area (TPSA) is 106 Å². The first kappa shape index (κ1) is 25.7. The summed E-state index contributed by atoms with van der Waals surface area (Å²) in [6.07, 6.45) is 4.45. The molecule has 40 heavy (non-hydrogen) atoms. The zero-order valence-electron chi connectivity index (χ0n) is 21.3. The fourth-order valence-electron chi connectivity index (χ4n) is 4.90. The normalized spacial score (nSPS) is 15.9. The molecule has 1 aliphatic rings. The zero-order chi connectivity index (χ0) is 28.1. The minimum Gasteiger partial charge on any atom is -0.351 e. The van der Waals surface area contributed by atoms with Crippen molar-refractivity contribution in [2.24, 2.45) is 12.8 Å². The van der Waals surface area contributed by atoms with Gasteiger partial charge in [-0.3, -0.25) is 4.68 Å². The molecule has 5 heterocycles. The van der Waals surface area contributed by atoms with Gasteiger partial charge in [0.25, 0.3) is 0 Å². The molecule has 10 nitrogen and oxygen atoms in total. The van der Waals surface area contributed by atoms with E-state index in [1.54, 1.807) is 15.4 Å². The number of rotatable bonds is 5. The van der Waals surface area contributed by atoms with Gasteiger partial charge < -0.3 is 15.5 Å². The molecule has 1 aliphatic heterocycles. The van der Waals surface area contributed by atoms with Crippen molar-refractivity contribution in [2.45, 2.75) is 11.7 Å². The third-order valence-corrected chi connectivity index (χ3v) is 7.13. The fraction of sp³-hybridized carbons (Fsp3) is 0.269. The summed E-state index contributed by atoms with van der Waals surface area (Å²) >= 11 is 0. The van der Waals surface area contributed by atoms with Gasteiger partial charge in [-0.05, 0) is 23.8 Å². The van der Waals surface area contributed by atoms with E-state index in [0.29, 0.717) is 32.1 Å². The predicted molar refractivity (Wildman–Crippen MR) is 139 cm³/mol. The standard InChI is InChI=1S/C26H24F4N10/c1-37-14-18(11-35-37)17-10-22-23(34-16-36-40(22)15-17)38-6-8-39(9-7-38)24-32-12-20(13-33-24)25(31,26(28,29)30)19-2-4-21(27)5-3-19/h2-5,10-16H,6-9,31H2,1H3. The molecule has 0 spiro atoms. The molecule has 0 radical (unpaired) electrons. The van der Waals surface area contributed by atoms with Crippen molar-refractivity contribution in [3.05, 3.63) is 84.6 Å². The number of halogens is 4. The first-order valence-electron chi connectivity index (χ1n) is 12.4. The van der Waals surface area contributed by atoms with Crippen LogP contribution in [0.15, 0.2) is 67.6 Å². The number of aryl methyl sites for hydroxylation is 1. The van der Waals surface area contributed by atoms with Crippen molar-refractivity contribution in [1.29, 1.82) is 0 Å². The Kier molecular flexibility index (Phi) is 6.13. The van der Waals surface area contributed by atoms with Crippen LogP contribution in [-0.4, -0.2) is 66.7 Å². The minimum atomic E-state index is -4.86. The predicted octanol–water partition coefficient (Wildman–Crippen LogP) is 3.15. The molecule has 0 aliphatic carbocycles. The number of alkyl halides is 3. The summed E-state index contributed by atoms with van der Waals surface area (Å²) in [4.78, 5) is 17.0. The summed E-state index contributed by atoms with van der Waals surface area (Å²) in [5.41, 5.74) is 5.16. The number of aromatic nitrogens is 7. The second-order valence-electron chi connectivity index (χ2n) is 9.60. The van der Waals surface area contributed by atoms with Gasteiger partial charge in [0, 0.05) is 74.7 Å². The van der Waals surface area contributed by atoms with E-state index in [9.17, 15) is 17.6 Å². The summed E-state index contributed by atoms with van der Waals surface area (Å²) < 4.78 is 59.3. The summed E-state index contributed by atoms with van der Waals surface area (Å²) in [5, 5.41) is 8.57. The molecular weight excluding hydrogens is 528 g/mol. The van der Waals surface area contributed by atoms with Gasteiger partial charge in [-0.1, -0.05) is 12.1 Å². The molecule has 0 bridgehead atoms. The highest BCUT2D eigenvalue weighted by Crippen LogP contribution is 2.42. The molecule has 14 heteroatoms. The van der Waals surface area contributed by atoms with E-state index in [1.807, 2.05) is 30.4 Å². The third-order valence-electron chi connectivity index (χ3n) is 7.13. The van der Waals surface area contributed by atoms with Gasteiger partial charge >= 0.3 is 6.18 Å². The molecule has 0 saturated carbocycles. The number of fused-ring (bicyclic) bond motifs is 1. The molecule has 0 amide bonds. The van der Waals surface area contributed by atoms with Gasteiger partial charge in [-0.2, -0.15) is 23.4 Å². The molecule has 1 saturated heterocycles. The van der Waals surface area contributed by atoms with Gasteiger partial charge in [-0.25, -0.2) is 23.9 Å². The van der Waals surface area contributed by atoms with E-state index < -0.39 is 17.5 Å². The Morgan fingerprint density at radius 1 is 0.800 bits per heavy atom. The summed E-state index contributed by atoms with van der Waals surface area (Å²) in [6.45, 7) is 2.22. The number of benzene rings is 1. The minimum absolute atomic E-state index is 0.293. The van der Waals surface area contributed by atoms with Crippen LogP contribution in [0.25, 0.3) is 16.6 Å². The van der Waals surface area contributed by atoms with Crippen molar-refractivity contribution in [2.75, 3.05) is 36.0 Å². The van der Waals surface area contributed by atoms with Crippen LogP contribution in [0.3, 0.4) is 0 Å².